The quantitative estimate of drug-likeness (QED) is 0.543. The predicted octanol–water partition coefficient (Wildman–Crippen LogP) is 6.07. The Morgan fingerprint density at radius 2 is 1.57 bits per heavy atom. The molecule has 3 aromatic rings. The summed E-state index contributed by atoms with van der Waals surface area (Å²) < 4.78 is 11.6. The Kier molecular flexibility index (Phi) is 6.46. The molecule has 0 saturated heterocycles. The normalized spacial score (nSPS) is 10.6. The average Bonchev–Trinajstić information content (AvgIpc) is 2.71. The number of nitrogens with one attached hydrogen (secondary N) is 1. The topological polar surface area (TPSA) is 47.6 Å². The maximum absolute atomic E-state index is 12.8. The first-order chi connectivity index (χ1) is 14.3. The highest BCUT2D eigenvalue weighted by Crippen LogP contribution is 2.27. The van der Waals surface area contributed by atoms with Crippen LogP contribution in [-0.2, 0) is 6.61 Å². The molecule has 0 aliphatic carbocycles. The van der Waals surface area contributed by atoms with E-state index in [4.69, 9.17) is 9.47 Å². The van der Waals surface area contributed by atoms with Crippen LogP contribution in [0.4, 0.5) is 5.69 Å². The largest absolute Gasteiger partial charge is 0.496 e. The minimum absolute atomic E-state index is 0.159. The van der Waals surface area contributed by atoms with Gasteiger partial charge in [0.2, 0.25) is 0 Å². The van der Waals surface area contributed by atoms with E-state index in [0.29, 0.717) is 17.9 Å². The highest BCUT2D eigenvalue weighted by atomic mass is 16.5. The molecule has 4 heteroatoms. The third-order valence-corrected chi connectivity index (χ3v) is 5.32. The molecule has 0 fully saturated rings. The van der Waals surface area contributed by atoms with Crippen molar-refractivity contribution in [2.45, 2.75) is 41.2 Å². The Morgan fingerprint density at radius 1 is 0.833 bits per heavy atom. The molecule has 1 N–H and O–H groups in total. The van der Waals surface area contributed by atoms with Crippen LogP contribution in [0.1, 0.15) is 43.7 Å². The second-order valence-corrected chi connectivity index (χ2v) is 7.79. The van der Waals surface area contributed by atoms with E-state index >= 15 is 0 Å². The zero-order valence-corrected chi connectivity index (χ0v) is 18.6. The predicted molar refractivity (Wildman–Crippen MR) is 122 cm³/mol. The first-order valence-electron chi connectivity index (χ1n) is 10.0. The van der Waals surface area contributed by atoms with Crippen molar-refractivity contribution >= 4 is 11.6 Å². The van der Waals surface area contributed by atoms with Crippen LogP contribution in [-0.4, -0.2) is 13.0 Å². The molecule has 0 atom stereocenters. The Bertz CT molecular complexity index is 1090. The fourth-order valence-electron chi connectivity index (χ4n) is 3.49. The molecule has 3 aromatic carbocycles. The lowest BCUT2D eigenvalue weighted by Crippen LogP contribution is -2.13. The molecule has 30 heavy (non-hydrogen) atoms. The van der Waals surface area contributed by atoms with Crippen LogP contribution in [0.2, 0.25) is 0 Å². The average molecular weight is 404 g/mol. The van der Waals surface area contributed by atoms with Crippen LogP contribution in [0.15, 0.2) is 48.5 Å². The molecule has 0 aliphatic heterocycles. The zero-order valence-electron chi connectivity index (χ0n) is 18.6. The van der Waals surface area contributed by atoms with Crippen LogP contribution in [0, 0.1) is 34.6 Å². The van der Waals surface area contributed by atoms with Gasteiger partial charge in [0, 0.05) is 16.8 Å². The van der Waals surface area contributed by atoms with Crippen molar-refractivity contribution in [3.8, 4) is 11.5 Å². The third-order valence-electron chi connectivity index (χ3n) is 5.32. The molecule has 156 valence electrons. The highest BCUT2D eigenvalue weighted by molar-refractivity contribution is 6.04. The lowest BCUT2D eigenvalue weighted by Gasteiger charge is -2.15. The molecule has 0 saturated carbocycles. The second kappa shape index (κ2) is 9.04. The van der Waals surface area contributed by atoms with Crippen LogP contribution in [0.3, 0.4) is 0 Å². The molecule has 0 aliphatic rings. The molecule has 1 amide bonds. The number of carbonyl (C=O) groups excluding carboxylic acids is 1. The van der Waals surface area contributed by atoms with Gasteiger partial charge in [-0.15, -0.1) is 0 Å². The van der Waals surface area contributed by atoms with Crippen molar-refractivity contribution in [2.75, 3.05) is 12.4 Å². The molecular formula is C26H29NO3. The van der Waals surface area contributed by atoms with Crippen LogP contribution >= 0.6 is 0 Å². The van der Waals surface area contributed by atoms with E-state index in [2.05, 4.69) is 38.2 Å². The van der Waals surface area contributed by atoms with E-state index < -0.39 is 0 Å². The first-order valence-corrected chi connectivity index (χ1v) is 10.0. The van der Waals surface area contributed by atoms with E-state index in [1.165, 1.54) is 5.56 Å². The second-order valence-electron chi connectivity index (χ2n) is 7.79. The summed E-state index contributed by atoms with van der Waals surface area (Å²) >= 11 is 0. The van der Waals surface area contributed by atoms with Crippen molar-refractivity contribution in [3.05, 3.63) is 87.5 Å². The van der Waals surface area contributed by atoms with E-state index in [0.717, 1.165) is 39.3 Å². The van der Waals surface area contributed by atoms with E-state index in [1.807, 2.05) is 44.2 Å². The Hall–Kier alpha value is -3.27. The van der Waals surface area contributed by atoms with E-state index in [-0.39, 0.29) is 5.91 Å². The zero-order chi connectivity index (χ0) is 21.8. The van der Waals surface area contributed by atoms with Crippen molar-refractivity contribution in [1.29, 1.82) is 0 Å². The van der Waals surface area contributed by atoms with Gasteiger partial charge >= 0.3 is 0 Å². The number of rotatable bonds is 6. The molecule has 0 radical (unpaired) electrons. The Balaban J connectivity index is 1.82. The number of carbonyl (C=O) groups is 1. The number of methoxy groups -OCH3 is 1. The monoisotopic (exact) mass is 403 g/mol. The number of amides is 1. The van der Waals surface area contributed by atoms with Gasteiger partial charge in [-0.2, -0.15) is 0 Å². The standard InChI is InChI=1S/C26H29NO3/c1-16-7-9-23(19(4)11-16)27-26(28)21-8-10-24(29-6)22(14-21)15-30-25-13-17(2)12-18(3)20(25)5/h7-14H,15H2,1-6H3,(H,27,28). The lowest BCUT2D eigenvalue weighted by molar-refractivity contribution is 0.102. The maximum atomic E-state index is 12.8. The summed E-state index contributed by atoms with van der Waals surface area (Å²) in [5.74, 6) is 1.38. The molecule has 0 aromatic heterocycles. The third kappa shape index (κ3) is 4.82. The molecule has 0 bridgehead atoms. The van der Waals surface area contributed by atoms with Gasteiger partial charge in [-0.3, -0.25) is 4.79 Å². The summed E-state index contributed by atoms with van der Waals surface area (Å²) in [6, 6.07) is 15.5. The molecule has 0 unspecified atom stereocenters. The van der Waals surface area contributed by atoms with Crippen molar-refractivity contribution in [2.24, 2.45) is 0 Å². The van der Waals surface area contributed by atoms with Crippen LogP contribution in [0.5, 0.6) is 11.5 Å². The maximum Gasteiger partial charge on any atom is 0.255 e. The van der Waals surface area contributed by atoms with Gasteiger partial charge in [-0.05, 0) is 87.2 Å². The van der Waals surface area contributed by atoms with E-state index in [9.17, 15) is 4.79 Å². The summed E-state index contributed by atoms with van der Waals surface area (Å²) in [5, 5.41) is 3.00. The summed E-state index contributed by atoms with van der Waals surface area (Å²) in [7, 11) is 1.62. The molecular weight excluding hydrogens is 374 g/mol. The molecule has 0 heterocycles. The Morgan fingerprint density at radius 3 is 2.27 bits per heavy atom. The van der Waals surface area contributed by atoms with Crippen molar-refractivity contribution in [3.63, 3.8) is 0 Å². The summed E-state index contributed by atoms with van der Waals surface area (Å²) in [5.41, 5.74) is 7.85. The summed E-state index contributed by atoms with van der Waals surface area (Å²) in [6.45, 7) is 10.5. The number of hydrogen-bond acceptors (Lipinski definition) is 3. The summed E-state index contributed by atoms with van der Waals surface area (Å²) in [6.07, 6.45) is 0. The van der Waals surface area contributed by atoms with Gasteiger partial charge in [-0.25, -0.2) is 0 Å². The number of aryl methyl sites for hydroxylation is 4. The minimum Gasteiger partial charge on any atom is -0.496 e. The fraction of sp³-hybridized carbons (Fsp3) is 0.269. The van der Waals surface area contributed by atoms with Crippen molar-refractivity contribution < 1.29 is 14.3 Å². The van der Waals surface area contributed by atoms with Gasteiger partial charge in [0.15, 0.2) is 0 Å². The van der Waals surface area contributed by atoms with E-state index in [1.54, 1.807) is 13.2 Å². The summed E-state index contributed by atoms with van der Waals surface area (Å²) in [4.78, 5) is 12.8. The number of benzene rings is 3. The van der Waals surface area contributed by atoms with Gasteiger partial charge in [0.1, 0.15) is 18.1 Å². The first kappa shape index (κ1) is 21.4. The van der Waals surface area contributed by atoms with Gasteiger partial charge in [0.05, 0.1) is 7.11 Å². The number of hydrogen-bond donors (Lipinski definition) is 1. The van der Waals surface area contributed by atoms with Gasteiger partial charge in [-0.1, -0.05) is 23.8 Å². The smallest absolute Gasteiger partial charge is 0.255 e. The van der Waals surface area contributed by atoms with Gasteiger partial charge < -0.3 is 14.8 Å². The van der Waals surface area contributed by atoms with Crippen LogP contribution < -0.4 is 14.8 Å². The number of ether oxygens (including phenoxy) is 2. The lowest BCUT2D eigenvalue weighted by atomic mass is 10.1. The van der Waals surface area contributed by atoms with Crippen LogP contribution in [0.25, 0.3) is 0 Å². The molecule has 0 spiro atoms. The van der Waals surface area contributed by atoms with Gasteiger partial charge in [0.25, 0.3) is 5.91 Å². The van der Waals surface area contributed by atoms with Crippen molar-refractivity contribution in [1.82, 2.24) is 0 Å². The molecule has 3 rings (SSSR count). The minimum atomic E-state index is -0.159. The molecule has 4 nitrogen and oxygen atoms in total. The highest BCUT2D eigenvalue weighted by Gasteiger charge is 2.13. The Labute approximate surface area is 178 Å². The fourth-order valence-corrected chi connectivity index (χ4v) is 3.49. The SMILES string of the molecule is COc1ccc(C(=O)Nc2ccc(C)cc2C)cc1COc1cc(C)cc(C)c1C. The number of anilines is 1.